The Labute approximate surface area is 127 Å². The summed E-state index contributed by atoms with van der Waals surface area (Å²) in [5.74, 6) is 0.559. The number of carbonyl (C=O) groups excluding carboxylic acids is 1. The van der Waals surface area contributed by atoms with Crippen molar-refractivity contribution < 1.29 is 9.53 Å². The van der Waals surface area contributed by atoms with Gasteiger partial charge in [0.25, 0.3) is 0 Å². The Kier molecular flexibility index (Phi) is 4.20. The molecule has 2 aromatic carbocycles. The van der Waals surface area contributed by atoms with Crippen LogP contribution in [0.3, 0.4) is 0 Å². The first-order valence-corrected chi connectivity index (χ1v) is 6.82. The van der Waals surface area contributed by atoms with Crippen molar-refractivity contribution in [3.05, 3.63) is 60.9 Å². The third-order valence-corrected chi connectivity index (χ3v) is 3.09. The lowest BCUT2D eigenvalue weighted by molar-refractivity contribution is -0.121. The van der Waals surface area contributed by atoms with Crippen LogP contribution in [0.2, 0.25) is 0 Å². The van der Waals surface area contributed by atoms with E-state index in [-0.39, 0.29) is 18.9 Å². The smallest absolute Gasteiger partial charge is 0.191 e. The molecule has 0 aliphatic heterocycles. The van der Waals surface area contributed by atoms with E-state index in [0.29, 0.717) is 5.75 Å². The molecule has 6 heteroatoms. The maximum Gasteiger partial charge on any atom is 0.191 e. The zero-order valence-electron chi connectivity index (χ0n) is 11.8. The second-order valence-electron chi connectivity index (χ2n) is 4.73. The lowest BCUT2D eigenvalue weighted by Crippen LogP contribution is -2.18. The standard InChI is InChI=1S/C16H14N4O2/c21-15(10-20-12-17-18-19-20)11-22-16-8-6-14(7-9-16)13-4-2-1-3-5-13/h1-9,12H,10-11H2. The predicted molar refractivity (Wildman–Crippen MR) is 80.2 cm³/mol. The third kappa shape index (κ3) is 3.54. The van der Waals surface area contributed by atoms with E-state index in [4.69, 9.17) is 4.74 Å². The number of benzene rings is 2. The van der Waals surface area contributed by atoms with E-state index >= 15 is 0 Å². The van der Waals surface area contributed by atoms with Crippen LogP contribution in [0.25, 0.3) is 11.1 Å². The van der Waals surface area contributed by atoms with E-state index in [0.717, 1.165) is 11.1 Å². The van der Waals surface area contributed by atoms with Gasteiger partial charge in [0.15, 0.2) is 5.78 Å². The molecule has 0 saturated carbocycles. The molecule has 0 saturated heterocycles. The van der Waals surface area contributed by atoms with Gasteiger partial charge in [0.2, 0.25) is 0 Å². The van der Waals surface area contributed by atoms with E-state index in [9.17, 15) is 4.79 Å². The van der Waals surface area contributed by atoms with Crippen molar-refractivity contribution in [3.8, 4) is 16.9 Å². The highest BCUT2D eigenvalue weighted by Crippen LogP contribution is 2.21. The number of hydrogen-bond acceptors (Lipinski definition) is 5. The molecular weight excluding hydrogens is 280 g/mol. The van der Waals surface area contributed by atoms with Crippen molar-refractivity contribution in [2.75, 3.05) is 6.61 Å². The van der Waals surface area contributed by atoms with E-state index in [2.05, 4.69) is 15.5 Å². The Hall–Kier alpha value is -3.02. The first kappa shape index (κ1) is 13.9. The summed E-state index contributed by atoms with van der Waals surface area (Å²) in [5, 5.41) is 10.6. The molecule has 1 aromatic heterocycles. The molecule has 0 amide bonds. The molecule has 3 aromatic rings. The lowest BCUT2D eigenvalue weighted by atomic mass is 10.1. The van der Waals surface area contributed by atoms with Crippen LogP contribution >= 0.6 is 0 Å². The average Bonchev–Trinajstić information content (AvgIpc) is 3.07. The Bertz CT molecular complexity index is 725. The topological polar surface area (TPSA) is 69.9 Å². The lowest BCUT2D eigenvalue weighted by Gasteiger charge is -2.07. The van der Waals surface area contributed by atoms with Crippen LogP contribution in [-0.2, 0) is 11.3 Å². The number of ketones is 1. The molecule has 6 nitrogen and oxygen atoms in total. The first-order valence-electron chi connectivity index (χ1n) is 6.82. The van der Waals surface area contributed by atoms with Gasteiger partial charge in [-0.2, -0.15) is 0 Å². The first-order chi connectivity index (χ1) is 10.8. The molecule has 0 fully saturated rings. The Balaban J connectivity index is 1.56. The monoisotopic (exact) mass is 294 g/mol. The fourth-order valence-electron chi connectivity index (χ4n) is 2.02. The molecule has 0 unspecified atom stereocenters. The number of ether oxygens (including phenoxy) is 1. The molecule has 0 radical (unpaired) electrons. The minimum atomic E-state index is -0.0977. The summed E-state index contributed by atoms with van der Waals surface area (Å²) in [6, 6.07) is 17.7. The van der Waals surface area contributed by atoms with Crippen molar-refractivity contribution in [2.45, 2.75) is 6.54 Å². The van der Waals surface area contributed by atoms with Crippen LogP contribution in [0.5, 0.6) is 5.75 Å². The number of hydrogen-bond donors (Lipinski definition) is 0. The molecule has 0 spiro atoms. The highest BCUT2D eigenvalue weighted by molar-refractivity contribution is 5.79. The van der Waals surface area contributed by atoms with Gasteiger partial charge in [0.05, 0.1) is 0 Å². The molecule has 0 bridgehead atoms. The van der Waals surface area contributed by atoms with Crippen LogP contribution in [0, 0.1) is 0 Å². The summed E-state index contributed by atoms with van der Waals surface area (Å²) >= 11 is 0. The Morgan fingerprint density at radius 3 is 2.41 bits per heavy atom. The molecule has 0 N–H and O–H groups in total. The van der Waals surface area contributed by atoms with Crippen molar-refractivity contribution in [2.24, 2.45) is 0 Å². The number of rotatable bonds is 6. The SMILES string of the molecule is O=C(COc1ccc(-c2ccccc2)cc1)Cn1cnnn1. The molecule has 110 valence electrons. The average molecular weight is 294 g/mol. The van der Waals surface area contributed by atoms with Crippen molar-refractivity contribution in [3.63, 3.8) is 0 Å². The van der Waals surface area contributed by atoms with Crippen LogP contribution in [-0.4, -0.2) is 32.6 Å². The molecule has 0 atom stereocenters. The summed E-state index contributed by atoms with van der Waals surface area (Å²) in [4.78, 5) is 11.7. The summed E-state index contributed by atoms with van der Waals surface area (Å²) < 4.78 is 6.84. The molecule has 3 rings (SSSR count). The third-order valence-electron chi connectivity index (χ3n) is 3.09. The van der Waals surface area contributed by atoms with Crippen molar-refractivity contribution in [1.29, 1.82) is 0 Å². The zero-order chi connectivity index (χ0) is 15.2. The number of tetrazole rings is 1. The molecule has 1 heterocycles. The van der Waals surface area contributed by atoms with Gasteiger partial charge in [-0.25, -0.2) is 4.68 Å². The van der Waals surface area contributed by atoms with Gasteiger partial charge in [-0.1, -0.05) is 42.5 Å². The molecular formula is C16H14N4O2. The van der Waals surface area contributed by atoms with Crippen molar-refractivity contribution >= 4 is 5.78 Å². The van der Waals surface area contributed by atoms with Crippen LogP contribution in [0.1, 0.15) is 0 Å². The van der Waals surface area contributed by atoms with Gasteiger partial charge in [0, 0.05) is 0 Å². The zero-order valence-corrected chi connectivity index (χ0v) is 11.8. The fraction of sp³-hybridized carbons (Fsp3) is 0.125. The molecule has 22 heavy (non-hydrogen) atoms. The maximum atomic E-state index is 11.7. The van der Waals surface area contributed by atoms with Gasteiger partial charge < -0.3 is 4.74 Å². The van der Waals surface area contributed by atoms with E-state index in [1.54, 1.807) is 0 Å². The highest BCUT2D eigenvalue weighted by atomic mass is 16.5. The quantitative estimate of drug-likeness (QED) is 0.695. The van der Waals surface area contributed by atoms with Crippen LogP contribution in [0.15, 0.2) is 60.9 Å². The summed E-state index contributed by atoms with van der Waals surface area (Å²) in [6.07, 6.45) is 1.40. The minimum absolute atomic E-state index is 0.00938. The Morgan fingerprint density at radius 2 is 1.73 bits per heavy atom. The number of Topliss-reactive ketones (excluding diaryl/α,β-unsaturated/α-hetero) is 1. The summed E-state index contributed by atoms with van der Waals surface area (Å²) in [6.45, 7) is 0.0969. The van der Waals surface area contributed by atoms with Gasteiger partial charge in [0.1, 0.15) is 25.2 Å². The fourth-order valence-corrected chi connectivity index (χ4v) is 2.02. The van der Waals surface area contributed by atoms with Gasteiger partial charge in [-0.3, -0.25) is 4.79 Å². The van der Waals surface area contributed by atoms with Crippen LogP contribution in [0.4, 0.5) is 0 Å². The number of aromatic nitrogens is 4. The number of carbonyl (C=O) groups is 1. The largest absolute Gasteiger partial charge is 0.486 e. The number of nitrogens with zero attached hydrogens (tertiary/aromatic N) is 4. The summed E-state index contributed by atoms with van der Waals surface area (Å²) in [7, 11) is 0. The van der Waals surface area contributed by atoms with E-state index < -0.39 is 0 Å². The van der Waals surface area contributed by atoms with Gasteiger partial charge >= 0.3 is 0 Å². The Morgan fingerprint density at radius 1 is 1.00 bits per heavy atom. The second kappa shape index (κ2) is 6.62. The van der Waals surface area contributed by atoms with Crippen LogP contribution < -0.4 is 4.74 Å². The second-order valence-corrected chi connectivity index (χ2v) is 4.73. The minimum Gasteiger partial charge on any atom is -0.486 e. The molecule has 0 aliphatic rings. The normalized spacial score (nSPS) is 10.4. The van der Waals surface area contributed by atoms with E-state index in [1.165, 1.54) is 11.0 Å². The predicted octanol–water partition coefficient (Wildman–Crippen LogP) is 1.99. The maximum absolute atomic E-state index is 11.7. The van der Waals surface area contributed by atoms with E-state index in [1.807, 2.05) is 54.6 Å². The van der Waals surface area contributed by atoms with Gasteiger partial charge in [-0.05, 0) is 33.7 Å². The van der Waals surface area contributed by atoms with Gasteiger partial charge in [-0.15, -0.1) is 5.10 Å². The summed E-state index contributed by atoms with van der Waals surface area (Å²) in [5.41, 5.74) is 2.25. The van der Waals surface area contributed by atoms with Crippen molar-refractivity contribution in [1.82, 2.24) is 20.2 Å². The molecule has 0 aliphatic carbocycles. The highest BCUT2D eigenvalue weighted by Gasteiger charge is 2.06.